The Morgan fingerprint density at radius 1 is 1.21 bits per heavy atom. The van der Waals surface area contributed by atoms with Gasteiger partial charge < -0.3 is 24.6 Å². The molecule has 0 saturated heterocycles. The van der Waals surface area contributed by atoms with E-state index in [1.54, 1.807) is 0 Å². The number of carbonyl (C=O) groups is 2. The fraction of sp³-hybridized carbons (Fsp3) is 0.444. The van der Waals surface area contributed by atoms with Gasteiger partial charge in [-0.3, -0.25) is 4.79 Å². The van der Waals surface area contributed by atoms with E-state index < -0.39 is 29.7 Å². The second-order valence-corrected chi connectivity index (χ2v) is 5.89. The summed E-state index contributed by atoms with van der Waals surface area (Å²) in [6, 6.07) is 9.29. The largest absolute Gasteiger partial charge is 0.471 e. The summed E-state index contributed by atoms with van der Waals surface area (Å²) in [6.45, 7) is 0.945. The van der Waals surface area contributed by atoms with Gasteiger partial charge in [0.2, 0.25) is 0 Å². The van der Waals surface area contributed by atoms with Gasteiger partial charge in [0, 0.05) is 0 Å². The smallest absolute Gasteiger partial charge is 0.467 e. The van der Waals surface area contributed by atoms with Crippen molar-refractivity contribution in [3.05, 3.63) is 48.0 Å². The molecule has 0 saturated carbocycles. The van der Waals surface area contributed by atoms with Gasteiger partial charge in [-0.15, -0.1) is 0 Å². The van der Waals surface area contributed by atoms with Crippen LogP contribution in [0.1, 0.15) is 12.5 Å². The van der Waals surface area contributed by atoms with Gasteiger partial charge in [-0.05, 0) is 18.6 Å². The highest BCUT2D eigenvalue weighted by atomic mass is 19.4. The minimum Gasteiger partial charge on any atom is -0.467 e. The Bertz CT molecular complexity index is 665. The van der Waals surface area contributed by atoms with Gasteiger partial charge in [0.1, 0.15) is 6.79 Å². The van der Waals surface area contributed by atoms with E-state index in [0.29, 0.717) is 6.61 Å². The summed E-state index contributed by atoms with van der Waals surface area (Å²) >= 11 is 0. The van der Waals surface area contributed by atoms with Crippen molar-refractivity contribution in [2.75, 3.05) is 20.5 Å². The highest BCUT2D eigenvalue weighted by Crippen LogP contribution is 2.18. The van der Waals surface area contributed by atoms with Crippen LogP contribution in [0.3, 0.4) is 0 Å². The fourth-order valence-electron chi connectivity index (χ4n) is 2.00. The molecule has 0 aliphatic heterocycles. The molecule has 2 N–H and O–H groups in total. The van der Waals surface area contributed by atoms with E-state index in [2.05, 4.69) is 4.74 Å². The predicted octanol–water partition coefficient (Wildman–Crippen LogP) is 1.70. The van der Waals surface area contributed by atoms with Crippen molar-refractivity contribution in [2.45, 2.75) is 31.3 Å². The summed E-state index contributed by atoms with van der Waals surface area (Å²) in [6.07, 6.45) is -4.51. The van der Waals surface area contributed by atoms with Crippen LogP contribution in [0.25, 0.3) is 0 Å². The molecular weight excluding hydrogens is 383 g/mol. The lowest BCUT2D eigenvalue weighted by molar-refractivity contribution is -0.176. The van der Waals surface area contributed by atoms with Crippen molar-refractivity contribution in [3.63, 3.8) is 0 Å². The van der Waals surface area contributed by atoms with Crippen LogP contribution in [0.15, 0.2) is 42.5 Å². The zero-order valence-electron chi connectivity index (χ0n) is 15.4. The minimum absolute atomic E-state index is 0.126. The number of amides is 1. The zero-order chi connectivity index (χ0) is 21.2. The molecule has 10 heteroatoms. The maximum atomic E-state index is 12.4. The number of methoxy groups -OCH3 is 1. The molecule has 0 spiro atoms. The summed E-state index contributed by atoms with van der Waals surface area (Å²) in [5.74, 6) is -3.45. The molecule has 1 aromatic rings. The van der Waals surface area contributed by atoms with E-state index in [9.17, 15) is 27.9 Å². The number of aliphatic hydroxyl groups excluding tert-OH is 1. The molecule has 0 bridgehead atoms. The van der Waals surface area contributed by atoms with Crippen molar-refractivity contribution in [1.82, 2.24) is 5.32 Å². The standard InChI is InChI=1S/C18H22F3NO6/c1-17(16(25)26-2,22-15(24)18(19,20)21)9-8-14(23)11-28-12-27-10-13-6-4-3-5-7-13/h3-9,14,23H,10-12H2,1-2H3,(H,22,24)/b9-8+/t14-,17+/m1/s1. The maximum absolute atomic E-state index is 12.4. The van der Waals surface area contributed by atoms with Crippen LogP contribution in [-0.2, 0) is 30.4 Å². The third kappa shape index (κ3) is 8.07. The predicted molar refractivity (Wildman–Crippen MR) is 91.8 cm³/mol. The summed E-state index contributed by atoms with van der Waals surface area (Å²) < 4.78 is 52.1. The number of nitrogens with one attached hydrogen (secondary N) is 1. The number of rotatable bonds is 10. The van der Waals surface area contributed by atoms with E-state index in [4.69, 9.17) is 9.47 Å². The number of ether oxygens (including phenoxy) is 3. The first-order chi connectivity index (χ1) is 13.1. The van der Waals surface area contributed by atoms with Crippen LogP contribution in [0.4, 0.5) is 13.2 Å². The van der Waals surface area contributed by atoms with Crippen LogP contribution < -0.4 is 5.32 Å². The van der Waals surface area contributed by atoms with Gasteiger partial charge in [-0.2, -0.15) is 13.2 Å². The molecule has 1 rings (SSSR count). The first-order valence-corrected chi connectivity index (χ1v) is 8.13. The third-order valence-corrected chi connectivity index (χ3v) is 3.46. The normalized spacial score (nSPS) is 15.1. The minimum atomic E-state index is -5.18. The molecule has 0 radical (unpaired) electrons. The Kier molecular flexibility index (Phi) is 9.10. The maximum Gasteiger partial charge on any atom is 0.471 e. The number of aliphatic hydroxyl groups is 1. The molecule has 156 valence electrons. The van der Waals surface area contributed by atoms with Crippen LogP contribution in [-0.4, -0.2) is 55.3 Å². The van der Waals surface area contributed by atoms with Crippen LogP contribution >= 0.6 is 0 Å². The molecule has 0 unspecified atom stereocenters. The number of esters is 1. The molecule has 1 amide bonds. The van der Waals surface area contributed by atoms with Gasteiger partial charge in [0.25, 0.3) is 0 Å². The Hall–Kier alpha value is -2.43. The van der Waals surface area contributed by atoms with Gasteiger partial charge in [-0.1, -0.05) is 36.4 Å². The first-order valence-electron chi connectivity index (χ1n) is 8.13. The van der Waals surface area contributed by atoms with Crippen LogP contribution in [0.5, 0.6) is 0 Å². The third-order valence-electron chi connectivity index (χ3n) is 3.46. The highest BCUT2D eigenvalue weighted by molar-refractivity contribution is 5.91. The number of halogens is 3. The van der Waals surface area contributed by atoms with Crippen molar-refractivity contribution >= 4 is 11.9 Å². The quantitative estimate of drug-likeness (QED) is 0.266. The van der Waals surface area contributed by atoms with Crippen molar-refractivity contribution in [3.8, 4) is 0 Å². The Morgan fingerprint density at radius 3 is 2.43 bits per heavy atom. The van der Waals surface area contributed by atoms with E-state index >= 15 is 0 Å². The van der Waals surface area contributed by atoms with Crippen molar-refractivity contribution < 1.29 is 42.1 Å². The van der Waals surface area contributed by atoms with E-state index in [0.717, 1.165) is 31.7 Å². The fourth-order valence-corrected chi connectivity index (χ4v) is 2.00. The SMILES string of the molecule is COC(=O)[C@](C)(/C=C/[C@@H](O)COCOCc1ccccc1)NC(=O)C(F)(F)F. The Balaban J connectivity index is 2.51. The lowest BCUT2D eigenvalue weighted by atomic mass is 10.0. The topological polar surface area (TPSA) is 94.1 Å². The van der Waals surface area contributed by atoms with Gasteiger partial charge >= 0.3 is 18.1 Å². The van der Waals surface area contributed by atoms with E-state index in [1.807, 2.05) is 30.3 Å². The molecule has 7 nitrogen and oxygen atoms in total. The van der Waals surface area contributed by atoms with Crippen molar-refractivity contribution in [2.24, 2.45) is 0 Å². The molecule has 0 fully saturated rings. The second kappa shape index (κ2) is 10.8. The zero-order valence-corrected chi connectivity index (χ0v) is 15.4. The molecule has 0 aliphatic carbocycles. The summed E-state index contributed by atoms with van der Waals surface area (Å²) in [5, 5.41) is 11.4. The van der Waals surface area contributed by atoms with Gasteiger partial charge in [-0.25, -0.2) is 4.79 Å². The highest BCUT2D eigenvalue weighted by Gasteiger charge is 2.44. The second-order valence-electron chi connectivity index (χ2n) is 5.89. The number of hydrogen-bond donors (Lipinski definition) is 2. The number of carbonyl (C=O) groups excluding carboxylic acids is 2. The van der Waals surface area contributed by atoms with Crippen LogP contribution in [0, 0.1) is 0 Å². The van der Waals surface area contributed by atoms with Gasteiger partial charge in [0.05, 0.1) is 26.4 Å². The van der Waals surface area contributed by atoms with E-state index in [1.165, 1.54) is 5.32 Å². The van der Waals surface area contributed by atoms with Crippen LogP contribution in [0.2, 0.25) is 0 Å². The number of alkyl halides is 3. The lowest BCUT2D eigenvalue weighted by Crippen LogP contribution is -2.55. The van der Waals surface area contributed by atoms with E-state index in [-0.39, 0.29) is 13.4 Å². The van der Waals surface area contributed by atoms with Crippen molar-refractivity contribution in [1.29, 1.82) is 0 Å². The lowest BCUT2D eigenvalue weighted by Gasteiger charge is -2.25. The summed E-state index contributed by atoms with van der Waals surface area (Å²) in [4.78, 5) is 22.9. The molecule has 0 aliphatic rings. The molecule has 0 heterocycles. The average molecular weight is 405 g/mol. The number of hydrogen-bond acceptors (Lipinski definition) is 6. The first kappa shape index (κ1) is 23.6. The van der Waals surface area contributed by atoms with Gasteiger partial charge in [0.15, 0.2) is 5.54 Å². The molecule has 0 aromatic heterocycles. The molecular formula is C18H22F3NO6. The Morgan fingerprint density at radius 2 is 1.86 bits per heavy atom. The average Bonchev–Trinajstić information content (AvgIpc) is 2.65. The Labute approximate surface area is 160 Å². The monoisotopic (exact) mass is 405 g/mol. The molecule has 1 aromatic carbocycles. The number of benzene rings is 1. The summed E-state index contributed by atoms with van der Waals surface area (Å²) in [5.41, 5.74) is -1.19. The summed E-state index contributed by atoms with van der Waals surface area (Å²) in [7, 11) is 0.956. The molecule has 28 heavy (non-hydrogen) atoms. The molecule has 2 atom stereocenters.